The second-order valence-corrected chi connectivity index (χ2v) is 11.4. The van der Waals surface area contributed by atoms with E-state index >= 15 is 0 Å². The summed E-state index contributed by atoms with van der Waals surface area (Å²) in [6, 6.07) is 0. The third-order valence-electron chi connectivity index (χ3n) is 7.76. The number of ketones is 2. The highest BCUT2D eigenvalue weighted by Crippen LogP contribution is 2.30. The van der Waals surface area contributed by atoms with Gasteiger partial charge in [0.1, 0.15) is 12.2 Å². The second-order valence-electron chi connectivity index (χ2n) is 11.4. The van der Waals surface area contributed by atoms with E-state index in [1.54, 1.807) is 19.1 Å². The van der Waals surface area contributed by atoms with Crippen molar-refractivity contribution >= 4 is 29.5 Å². The number of carbonyl (C=O) groups excluding carboxylic acids is 5. The number of carbonyl (C=O) groups is 5. The van der Waals surface area contributed by atoms with Gasteiger partial charge in [0.15, 0.2) is 11.9 Å². The van der Waals surface area contributed by atoms with E-state index in [4.69, 9.17) is 35.2 Å². The van der Waals surface area contributed by atoms with Crippen molar-refractivity contribution in [3.05, 3.63) is 58.6 Å². The molecule has 13 nitrogen and oxygen atoms in total. The smallest absolute Gasteiger partial charge is 0.405 e. The lowest BCUT2D eigenvalue weighted by atomic mass is 9.85. The summed E-state index contributed by atoms with van der Waals surface area (Å²) in [7, 11) is 4.21. The minimum atomic E-state index is -1.03. The molecule has 5 N–H and O–H groups in total. The van der Waals surface area contributed by atoms with Crippen molar-refractivity contribution < 1.29 is 47.7 Å². The van der Waals surface area contributed by atoms with Gasteiger partial charge in [-0.15, -0.1) is 0 Å². The number of primary amides is 1. The Morgan fingerprint density at radius 3 is 2.33 bits per heavy atom. The summed E-state index contributed by atoms with van der Waals surface area (Å²) >= 11 is 0. The monoisotopic (exact) mass is 645 g/mol. The van der Waals surface area contributed by atoms with Gasteiger partial charge >= 0.3 is 12.1 Å². The van der Waals surface area contributed by atoms with Crippen LogP contribution in [0.5, 0.6) is 0 Å². The average molecular weight is 646 g/mol. The summed E-state index contributed by atoms with van der Waals surface area (Å²) in [4.78, 5) is 64.2. The zero-order valence-corrected chi connectivity index (χ0v) is 27.6. The molecule has 6 atom stereocenters. The molecule has 0 aromatic rings. The number of fused-ring (bicyclic) bond motifs is 2. The fraction of sp³-hybridized carbons (Fsp3) is 0.545. The number of ether oxygens (including phenoxy) is 5. The van der Waals surface area contributed by atoms with E-state index < -0.39 is 59.9 Å². The molecule has 2 amide bonds. The molecular formula is C33H47N3O10. The van der Waals surface area contributed by atoms with Crippen LogP contribution in [0.25, 0.3) is 0 Å². The van der Waals surface area contributed by atoms with Gasteiger partial charge in [-0.05, 0) is 51.1 Å². The zero-order valence-electron chi connectivity index (χ0n) is 27.6. The first-order valence-electron chi connectivity index (χ1n) is 15.1. The largest absolute Gasteiger partial charge is 0.492 e. The topological polar surface area (TPSA) is 196 Å². The molecule has 2 bridgehead atoms. The molecule has 46 heavy (non-hydrogen) atoms. The number of rotatable bonds is 8. The highest BCUT2D eigenvalue weighted by Gasteiger charge is 2.35. The Kier molecular flexibility index (Phi) is 15.1. The summed E-state index contributed by atoms with van der Waals surface area (Å²) < 4.78 is 28.2. The highest BCUT2D eigenvalue weighted by atomic mass is 16.6. The Bertz CT molecular complexity index is 1310. The number of esters is 1. The van der Waals surface area contributed by atoms with Crippen LogP contribution in [0.15, 0.2) is 58.6 Å². The first-order valence-corrected chi connectivity index (χ1v) is 15.1. The highest BCUT2D eigenvalue weighted by molar-refractivity contribution is 6.23. The summed E-state index contributed by atoms with van der Waals surface area (Å²) in [5.74, 6) is -3.02. The Morgan fingerprint density at radius 1 is 1.04 bits per heavy atom. The van der Waals surface area contributed by atoms with Gasteiger partial charge in [-0.25, -0.2) is 4.79 Å². The number of Topliss-reactive ketones (excluding diaryl/α,β-unsaturated/α-hetero) is 1. The molecule has 2 aliphatic rings. The fourth-order valence-electron chi connectivity index (χ4n) is 5.41. The maximum Gasteiger partial charge on any atom is 0.405 e. The Balaban J connectivity index is 2.70. The standard InChI is InChI=1S/C33H47N3O10/c1-18-14-22-28(39)23(17-24(37)31(22)44-7)36-32(40)19(2)10-8-11-25(42-5)29(46-33(35)41)20(3)16-21(4)30(26(15-18)43-6)45-27(38)12-9-13-34/h8,10-11,16-18,21,25-26,29-30H,9,12-15,34H2,1-7H3,(H2,35,41)(H,36,40)/b11-8-,19-10+,20-16+/t18-,21+,25+,26+,29+,30-/m1/s1. The van der Waals surface area contributed by atoms with Crippen LogP contribution in [-0.4, -0.2) is 81.8 Å². The normalized spacial score (nSPS) is 29.8. The van der Waals surface area contributed by atoms with Crippen LogP contribution in [-0.2, 0) is 42.9 Å². The van der Waals surface area contributed by atoms with Gasteiger partial charge in [-0.2, -0.15) is 0 Å². The zero-order chi connectivity index (χ0) is 34.6. The van der Waals surface area contributed by atoms with Gasteiger partial charge < -0.3 is 40.5 Å². The van der Waals surface area contributed by atoms with Crippen LogP contribution in [0.1, 0.15) is 53.4 Å². The molecular weight excluding hydrogens is 598 g/mol. The maximum absolute atomic E-state index is 13.5. The first kappa shape index (κ1) is 38.1. The summed E-state index contributed by atoms with van der Waals surface area (Å²) in [6.07, 6.45) is 4.09. The number of methoxy groups -OCH3 is 3. The Morgan fingerprint density at radius 2 is 1.74 bits per heavy atom. The Hall–Kier alpha value is -4.07. The third-order valence-corrected chi connectivity index (χ3v) is 7.76. The van der Waals surface area contributed by atoms with Crippen molar-refractivity contribution in [1.82, 2.24) is 5.32 Å². The van der Waals surface area contributed by atoms with E-state index in [0.717, 1.165) is 6.08 Å². The van der Waals surface area contributed by atoms with E-state index in [0.29, 0.717) is 25.0 Å². The molecule has 254 valence electrons. The second kappa shape index (κ2) is 18.2. The summed E-state index contributed by atoms with van der Waals surface area (Å²) in [5.41, 5.74) is 11.7. The molecule has 13 heteroatoms. The van der Waals surface area contributed by atoms with Crippen LogP contribution < -0.4 is 16.8 Å². The van der Waals surface area contributed by atoms with Gasteiger partial charge in [0.05, 0.1) is 18.9 Å². The van der Waals surface area contributed by atoms with Crippen molar-refractivity contribution in [1.29, 1.82) is 0 Å². The molecule has 0 aromatic carbocycles. The lowest BCUT2D eigenvalue weighted by Gasteiger charge is -2.32. The van der Waals surface area contributed by atoms with E-state index in [1.807, 2.05) is 13.8 Å². The maximum atomic E-state index is 13.5. The minimum Gasteiger partial charge on any atom is -0.492 e. The molecule has 0 radical (unpaired) electrons. The average Bonchev–Trinajstić information content (AvgIpc) is 3.00. The lowest BCUT2D eigenvalue weighted by molar-refractivity contribution is -0.160. The van der Waals surface area contributed by atoms with Crippen molar-refractivity contribution in [2.24, 2.45) is 23.3 Å². The van der Waals surface area contributed by atoms with Crippen molar-refractivity contribution in [2.75, 3.05) is 27.9 Å². The predicted molar refractivity (Wildman–Crippen MR) is 169 cm³/mol. The van der Waals surface area contributed by atoms with E-state index in [1.165, 1.54) is 40.4 Å². The fourth-order valence-corrected chi connectivity index (χ4v) is 5.41. The Labute approximate surface area is 270 Å². The molecule has 2 rings (SSSR count). The first-order chi connectivity index (χ1) is 21.8. The van der Waals surface area contributed by atoms with E-state index in [-0.39, 0.29) is 41.4 Å². The number of nitrogens with two attached hydrogens (primary N) is 2. The summed E-state index contributed by atoms with van der Waals surface area (Å²) in [6.45, 7) is 7.27. The van der Waals surface area contributed by atoms with Crippen molar-refractivity contribution in [3.8, 4) is 0 Å². The molecule has 0 unspecified atom stereocenters. The summed E-state index contributed by atoms with van der Waals surface area (Å²) in [5, 5.41) is 2.53. The molecule has 1 heterocycles. The number of hydrogen-bond acceptors (Lipinski definition) is 11. The quantitative estimate of drug-likeness (QED) is 0.199. The minimum absolute atomic E-state index is 0.104. The van der Waals surface area contributed by atoms with Gasteiger partial charge in [0.2, 0.25) is 11.6 Å². The molecule has 0 saturated carbocycles. The molecule has 0 spiro atoms. The number of nitrogens with one attached hydrogen (secondary N) is 1. The SMILES string of the molecule is COC1=C2C[C@@H](C)C[C@H](OC)[C@H](OC(=O)CCCN)[C@@H](C)/C=C(\C)[C@H](OC(N)=O)[C@@H](OC)/C=C\C=C(/C)C(=O)NC(=CC1=O)C2=O. The third kappa shape index (κ3) is 10.5. The number of allylic oxidation sites excluding steroid dienone is 4. The van der Waals surface area contributed by atoms with Crippen LogP contribution in [0.4, 0.5) is 4.79 Å². The van der Waals surface area contributed by atoms with E-state index in [9.17, 15) is 24.0 Å². The van der Waals surface area contributed by atoms with Gasteiger partial charge in [-0.3, -0.25) is 19.2 Å². The van der Waals surface area contributed by atoms with Crippen LogP contribution in [0.3, 0.4) is 0 Å². The molecule has 0 saturated heterocycles. The number of amides is 2. The van der Waals surface area contributed by atoms with Crippen LogP contribution in [0, 0.1) is 11.8 Å². The van der Waals surface area contributed by atoms with Gasteiger partial charge in [-0.1, -0.05) is 38.2 Å². The van der Waals surface area contributed by atoms with Crippen LogP contribution in [0.2, 0.25) is 0 Å². The molecule has 0 aromatic heterocycles. The molecule has 1 aliphatic heterocycles. The van der Waals surface area contributed by atoms with Crippen molar-refractivity contribution in [2.45, 2.75) is 77.8 Å². The lowest BCUT2D eigenvalue weighted by Crippen LogP contribution is -2.40. The van der Waals surface area contributed by atoms with Gasteiger partial charge in [0.25, 0.3) is 5.91 Å². The van der Waals surface area contributed by atoms with E-state index in [2.05, 4.69) is 5.32 Å². The van der Waals surface area contributed by atoms with Crippen molar-refractivity contribution in [3.63, 3.8) is 0 Å². The predicted octanol–water partition coefficient (Wildman–Crippen LogP) is 2.70. The molecule has 0 fully saturated rings. The van der Waals surface area contributed by atoms with Gasteiger partial charge in [0, 0.05) is 43.8 Å². The molecule has 1 aliphatic carbocycles. The van der Waals surface area contributed by atoms with Crippen LogP contribution >= 0.6 is 0 Å². The number of hydrogen-bond donors (Lipinski definition) is 3.